The monoisotopic (exact) mass is 322 g/mol. The van der Waals surface area contributed by atoms with Gasteiger partial charge in [0.15, 0.2) is 0 Å². The normalized spacial score (nSPS) is 16.2. The van der Waals surface area contributed by atoms with Crippen LogP contribution in [-0.4, -0.2) is 18.0 Å². The van der Waals surface area contributed by atoms with E-state index in [1.165, 1.54) is 0 Å². The first kappa shape index (κ1) is 16.2. The molecule has 0 aliphatic carbocycles. The lowest BCUT2D eigenvalue weighted by molar-refractivity contribution is -0.482. The summed E-state index contributed by atoms with van der Waals surface area (Å²) in [5, 5.41) is 11.2. The fourth-order valence-electron chi connectivity index (χ4n) is 3.30. The molecule has 0 saturated carbocycles. The van der Waals surface area contributed by atoms with Gasteiger partial charge in [0.05, 0.1) is 5.92 Å². The minimum absolute atomic E-state index is 0.0571. The molecule has 2 aromatic rings. The second-order valence-corrected chi connectivity index (χ2v) is 6.17. The Morgan fingerprint density at radius 2 is 1.67 bits per heavy atom. The predicted octanol–water partition coefficient (Wildman–Crippen LogP) is 4.62. The van der Waals surface area contributed by atoms with Gasteiger partial charge >= 0.3 is 0 Å². The molecule has 1 aliphatic heterocycles. The van der Waals surface area contributed by atoms with E-state index in [-0.39, 0.29) is 17.4 Å². The minimum atomic E-state index is -0.198. The van der Waals surface area contributed by atoms with Crippen LogP contribution >= 0.6 is 0 Å². The Morgan fingerprint density at radius 1 is 1.00 bits per heavy atom. The highest BCUT2D eigenvalue weighted by Gasteiger charge is 2.24. The number of hydrogen-bond acceptors (Lipinski definition) is 3. The van der Waals surface area contributed by atoms with Crippen LogP contribution in [0.1, 0.15) is 30.7 Å². The molecule has 1 heterocycles. The molecule has 0 fully saturated rings. The van der Waals surface area contributed by atoms with E-state index in [1.54, 1.807) is 0 Å². The molecule has 0 spiro atoms. The van der Waals surface area contributed by atoms with Crippen LogP contribution in [0.3, 0.4) is 0 Å². The molecule has 4 heteroatoms. The molecular weight excluding hydrogens is 300 g/mol. The number of rotatable bonds is 5. The standard InChI is InChI=1S/C20H22N2O2/c23-22(24)16-20(17-9-3-1-4-10-17)18-11-7-8-14-21(15-18)19-12-5-2-6-13-19/h1-6,9-10,12-13,15,20H,7-8,11,14,16H2. The summed E-state index contributed by atoms with van der Waals surface area (Å²) in [4.78, 5) is 13.3. The number of benzene rings is 2. The topological polar surface area (TPSA) is 46.4 Å². The van der Waals surface area contributed by atoms with Crippen molar-refractivity contribution in [3.63, 3.8) is 0 Å². The smallest absolute Gasteiger partial charge is 0.214 e. The van der Waals surface area contributed by atoms with Crippen LogP contribution in [0.25, 0.3) is 0 Å². The van der Waals surface area contributed by atoms with Crippen molar-refractivity contribution in [3.05, 3.63) is 88.1 Å². The molecule has 0 aromatic heterocycles. The molecule has 0 N–H and O–H groups in total. The summed E-state index contributed by atoms with van der Waals surface area (Å²) in [5.41, 5.74) is 3.32. The third-order valence-electron chi connectivity index (χ3n) is 4.51. The van der Waals surface area contributed by atoms with Gasteiger partial charge in [0, 0.05) is 23.4 Å². The van der Waals surface area contributed by atoms with Crippen LogP contribution in [0.15, 0.2) is 72.4 Å². The van der Waals surface area contributed by atoms with Crippen LogP contribution < -0.4 is 4.90 Å². The first-order valence-corrected chi connectivity index (χ1v) is 8.43. The van der Waals surface area contributed by atoms with Gasteiger partial charge in [0.25, 0.3) is 0 Å². The van der Waals surface area contributed by atoms with Crippen molar-refractivity contribution in [1.82, 2.24) is 0 Å². The van der Waals surface area contributed by atoms with Crippen LogP contribution in [-0.2, 0) is 0 Å². The summed E-state index contributed by atoms with van der Waals surface area (Å²) in [6, 6.07) is 20.1. The lowest BCUT2D eigenvalue weighted by atomic mass is 9.89. The van der Waals surface area contributed by atoms with E-state index in [2.05, 4.69) is 23.2 Å². The summed E-state index contributed by atoms with van der Waals surface area (Å²) in [6.07, 6.45) is 5.21. The van der Waals surface area contributed by atoms with Crippen molar-refractivity contribution in [2.24, 2.45) is 0 Å². The minimum Gasteiger partial charge on any atom is -0.348 e. The fraction of sp³-hybridized carbons (Fsp3) is 0.300. The number of nitro groups is 1. The van der Waals surface area contributed by atoms with E-state index >= 15 is 0 Å². The van der Waals surface area contributed by atoms with Crippen molar-refractivity contribution in [3.8, 4) is 0 Å². The van der Waals surface area contributed by atoms with E-state index < -0.39 is 0 Å². The third kappa shape index (κ3) is 4.02. The van der Waals surface area contributed by atoms with Gasteiger partial charge in [-0.3, -0.25) is 10.1 Å². The second-order valence-electron chi connectivity index (χ2n) is 6.17. The Kier molecular flexibility index (Phi) is 5.26. The summed E-state index contributed by atoms with van der Waals surface area (Å²) >= 11 is 0. The van der Waals surface area contributed by atoms with Crippen molar-refractivity contribution in [1.29, 1.82) is 0 Å². The van der Waals surface area contributed by atoms with E-state index in [4.69, 9.17) is 0 Å². The van der Waals surface area contributed by atoms with Gasteiger partial charge < -0.3 is 4.90 Å². The van der Waals surface area contributed by atoms with Crippen LogP contribution in [0.4, 0.5) is 5.69 Å². The average molecular weight is 322 g/mol. The molecule has 0 amide bonds. The maximum Gasteiger partial charge on any atom is 0.214 e. The van der Waals surface area contributed by atoms with E-state index in [1.807, 2.05) is 48.5 Å². The lowest BCUT2D eigenvalue weighted by Crippen LogP contribution is -2.19. The first-order chi connectivity index (χ1) is 11.7. The molecule has 24 heavy (non-hydrogen) atoms. The van der Waals surface area contributed by atoms with Gasteiger partial charge in [-0.05, 0) is 42.5 Å². The Morgan fingerprint density at radius 3 is 2.33 bits per heavy atom. The molecule has 0 saturated heterocycles. The summed E-state index contributed by atoms with van der Waals surface area (Å²) in [6.45, 7) is 0.895. The number of anilines is 1. The van der Waals surface area contributed by atoms with Gasteiger partial charge in [-0.15, -0.1) is 0 Å². The highest BCUT2D eigenvalue weighted by atomic mass is 16.6. The Hall–Kier alpha value is -2.62. The Labute approximate surface area is 142 Å². The molecule has 1 aliphatic rings. The van der Waals surface area contributed by atoms with Crippen LogP contribution in [0.5, 0.6) is 0 Å². The van der Waals surface area contributed by atoms with E-state index in [0.29, 0.717) is 0 Å². The molecule has 1 unspecified atom stereocenters. The summed E-state index contributed by atoms with van der Waals surface area (Å²) in [7, 11) is 0. The van der Waals surface area contributed by atoms with Gasteiger partial charge in [-0.1, -0.05) is 48.5 Å². The van der Waals surface area contributed by atoms with Crippen LogP contribution in [0, 0.1) is 10.1 Å². The quantitative estimate of drug-likeness (QED) is 0.596. The maximum atomic E-state index is 11.2. The zero-order chi connectivity index (χ0) is 16.8. The Balaban J connectivity index is 1.95. The average Bonchev–Trinajstić information content (AvgIpc) is 2.87. The maximum absolute atomic E-state index is 11.2. The zero-order valence-corrected chi connectivity index (χ0v) is 13.7. The summed E-state index contributed by atoms with van der Waals surface area (Å²) < 4.78 is 0. The van der Waals surface area contributed by atoms with Crippen molar-refractivity contribution < 1.29 is 4.92 Å². The Bertz CT molecular complexity index is 698. The van der Waals surface area contributed by atoms with Crippen molar-refractivity contribution >= 4 is 5.69 Å². The molecule has 1 atom stereocenters. The van der Waals surface area contributed by atoms with E-state index in [0.717, 1.165) is 42.6 Å². The van der Waals surface area contributed by atoms with Gasteiger partial charge in [0.1, 0.15) is 0 Å². The van der Waals surface area contributed by atoms with Crippen molar-refractivity contribution in [2.75, 3.05) is 18.0 Å². The predicted molar refractivity (Wildman–Crippen MR) is 96.8 cm³/mol. The highest BCUT2D eigenvalue weighted by Crippen LogP contribution is 2.32. The largest absolute Gasteiger partial charge is 0.348 e. The fourth-order valence-corrected chi connectivity index (χ4v) is 3.30. The molecule has 4 nitrogen and oxygen atoms in total. The van der Waals surface area contributed by atoms with E-state index in [9.17, 15) is 10.1 Å². The summed E-state index contributed by atoms with van der Waals surface area (Å²) in [5.74, 6) is -0.162. The highest BCUT2D eigenvalue weighted by molar-refractivity contribution is 5.50. The molecular formula is C20H22N2O2. The molecule has 0 bridgehead atoms. The third-order valence-corrected chi connectivity index (χ3v) is 4.51. The van der Waals surface area contributed by atoms with Gasteiger partial charge in [0.2, 0.25) is 6.54 Å². The lowest BCUT2D eigenvalue weighted by Gasteiger charge is -2.22. The van der Waals surface area contributed by atoms with Crippen molar-refractivity contribution in [2.45, 2.75) is 25.2 Å². The molecule has 124 valence electrons. The SMILES string of the molecule is O=[N+]([O-])CC(C1=CN(c2ccccc2)CCCC1)c1ccccc1. The van der Waals surface area contributed by atoms with Gasteiger partial charge in [-0.25, -0.2) is 0 Å². The molecule has 0 radical (unpaired) electrons. The first-order valence-electron chi connectivity index (χ1n) is 8.43. The molecule has 3 rings (SSSR count). The number of hydrogen-bond donors (Lipinski definition) is 0. The zero-order valence-electron chi connectivity index (χ0n) is 13.7. The second kappa shape index (κ2) is 7.77. The number of para-hydroxylation sites is 1. The number of nitrogens with zero attached hydrogens (tertiary/aromatic N) is 2. The van der Waals surface area contributed by atoms with Crippen LogP contribution in [0.2, 0.25) is 0 Å². The van der Waals surface area contributed by atoms with Gasteiger partial charge in [-0.2, -0.15) is 0 Å². The molecule has 2 aromatic carbocycles.